The number of aromatic nitrogens is 1. The van der Waals surface area contributed by atoms with Gasteiger partial charge in [-0.2, -0.15) is 0 Å². The maximum atomic E-state index is 12.3. The number of aryl methyl sites for hydroxylation is 2. The Kier molecular flexibility index (Phi) is 8.10. The van der Waals surface area contributed by atoms with Gasteiger partial charge >= 0.3 is 0 Å². The Bertz CT molecular complexity index is 732. The minimum atomic E-state index is -0.631. The summed E-state index contributed by atoms with van der Waals surface area (Å²) < 4.78 is 0. The fraction of sp³-hybridized carbons (Fsp3) is 0.381. The number of nitrogens with zero attached hydrogens (tertiary/aromatic N) is 1. The molecular weight excluding hydrogens is 340 g/mol. The van der Waals surface area contributed by atoms with Crippen LogP contribution >= 0.6 is 0 Å². The van der Waals surface area contributed by atoms with Crippen molar-refractivity contribution in [1.82, 2.24) is 10.3 Å². The number of benzene rings is 1. The van der Waals surface area contributed by atoms with Crippen molar-refractivity contribution >= 4 is 11.7 Å². The van der Waals surface area contributed by atoms with Crippen LogP contribution in [0.15, 0.2) is 48.7 Å². The Hall–Kier alpha value is -2.57. The first kappa shape index (κ1) is 20.7. The Labute approximate surface area is 160 Å². The summed E-state index contributed by atoms with van der Waals surface area (Å²) in [6.45, 7) is 2.09. The van der Waals surface area contributed by atoms with Gasteiger partial charge in [0.15, 0.2) is 5.78 Å². The number of nitrogens with one attached hydrogen (secondary N) is 1. The molecular formula is C21H28N4O2. The molecule has 27 heavy (non-hydrogen) atoms. The predicted molar refractivity (Wildman–Crippen MR) is 106 cm³/mol. The molecule has 0 aliphatic carbocycles. The van der Waals surface area contributed by atoms with Crippen molar-refractivity contribution in [3.8, 4) is 0 Å². The maximum absolute atomic E-state index is 12.3. The van der Waals surface area contributed by atoms with Crippen LogP contribution in [-0.4, -0.2) is 28.8 Å². The SMILES string of the molecule is C[C@H](NC(=O)[C@H](N)CCc1ccccc1)C(=O)CCc1ccc(CN)nc1. The molecule has 6 nitrogen and oxygen atoms in total. The summed E-state index contributed by atoms with van der Waals surface area (Å²) in [7, 11) is 0. The zero-order valence-electron chi connectivity index (χ0n) is 15.7. The second-order valence-electron chi connectivity index (χ2n) is 6.69. The molecule has 0 radical (unpaired) electrons. The van der Waals surface area contributed by atoms with E-state index < -0.39 is 12.1 Å². The van der Waals surface area contributed by atoms with Crippen LogP contribution in [0.2, 0.25) is 0 Å². The summed E-state index contributed by atoms with van der Waals surface area (Å²) in [5.41, 5.74) is 14.4. The molecule has 6 heteroatoms. The molecule has 0 unspecified atom stereocenters. The zero-order valence-corrected chi connectivity index (χ0v) is 15.7. The van der Waals surface area contributed by atoms with Crippen molar-refractivity contribution < 1.29 is 9.59 Å². The number of amides is 1. The summed E-state index contributed by atoms with van der Waals surface area (Å²) in [5, 5.41) is 2.72. The molecule has 0 saturated carbocycles. The first-order valence-corrected chi connectivity index (χ1v) is 9.26. The van der Waals surface area contributed by atoms with Gasteiger partial charge in [-0.25, -0.2) is 0 Å². The van der Waals surface area contributed by atoms with Crippen LogP contribution in [0.5, 0.6) is 0 Å². The molecule has 2 rings (SSSR count). The summed E-state index contributed by atoms with van der Waals surface area (Å²) in [6.07, 6.45) is 3.92. The quantitative estimate of drug-likeness (QED) is 0.589. The molecule has 0 aliphatic rings. The maximum Gasteiger partial charge on any atom is 0.237 e. The average Bonchev–Trinajstić information content (AvgIpc) is 2.71. The molecule has 1 aromatic heterocycles. The highest BCUT2D eigenvalue weighted by molar-refractivity contribution is 5.90. The van der Waals surface area contributed by atoms with Crippen LogP contribution in [-0.2, 0) is 29.0 Å². The van der Waals surface area contributed by atoms with Gasteiger partial charge in [-0.3, -0.25) is 14.6 Å². The fourth-order valence-electron chi connectivity index (χ4n) is 2.71. The number of ketones is 1. The smallest absolute Gasteiger partial charge is 0.237 e. The van der Waals surface area contributed by atoms with Crippen LogP contribution in [0, 0.1) is 0 Å². The number of nitrogens with two attached hydrogens (primary N) is 2. The van der Waals surface area contributed by atoms with Crippen LogP contribution in [0.3, 0.4) is 0 Å². The molecule has 5 N–H and O–H groups in total. The molecule has 2 atom stereocenters. The van der Waals surface area contributed by atoms with Crippen LogP contribution in [0.4, 0.5) is 0 Å². The van der Waals surface area contributed by atoms with E-state index in [1.165, 1.54) is 0 Å². The highest BCUT2D eigenvalue weighted by atomic mass is 16.2. The summed E-state index contributed by atoms with van der Waals surface area (Å²) >= 11 is 0. The second kappa shape index (κ2) is 10.5. The van der Waals surface area contributed by atoms with E-state index in [0.717, 1.165) is 23.2 Å². The van der Waals surface area contributed by atoms with Crippen molar-refractivity contribution in [1.29, 1.82) is 0 Å². The van der Waals surface area contributed by atoms with Crippen molar-refractivity contribution in [3.05, 3.63) is 65.5 Å². The van der Waals surface area contributed by atoms with Gasteiger partial charge in [-0.1, -0.05) is 36.4 Å². The van der Waals surface area contributed by atoms with E-state index >= 15 is 0 Å². The molecule has 0 saturated heterocycles. The standard InChI is InChI=1S/C21H28N4O2/c1-15(20(26)12-9-17-7-10-18(13-22)24-14-17)25-21(27)19(23)11-8-16-5-3-2-4-6-16/h2-7,10,14-15,19H,8-9,11-13,22-23H2,1H3,(H,25,27)/t15-,19+/m0/s1. The lowest BCUT2D eigenvalue weighted by molar-refractivity contribution is -0.128. The molecule has 2 aromatic rings. The first-order valence-electron chi connectivity index (χ1n) is 9.26. The van der Waals surface area contributed by atoms with Crippen LogP contribution in [0.1, 0.15) is 36.6 Å². The minimum absolute atomic E-state index is 0.0264. The lowest BCUT2D eigenvalue weighted by Crippen LogP contribution is -2.47. The van der Waals surface area contributed by atoms with Crippen LogP contribution < -0.4 is 16.8 Å². The molecule has 1 amide bonds. The third kappa shape index (κ3) is 6.92. The topological polar surface area (TPSA) is 111 Å². The highest BCUT2D eigenvalue weighted by Gasteiger charge is 2.19. The van der Waals surface area contributed by atoms with Gasteiger partial charge in [0.2, 0.25) is 5.91 Å². The monoisotopic (exact) mass is 368 g/mol. The second-order valence-corrected chi connectivity index (χ2v) is 6.69. The molecule has 0 fully saturated rings. The summed E-state index contributed by atoms with van der Waals surface area (Å²) in [5.74, 6) is -0.317. The van der Waals surface area contributed by atoms with E-state index in [1.54, 1.807) is 13.1 Å². The fourth-order valence-corrected chi connectivity index (χ4v) is 2.71. The van der Waals surface area contributed by atoms with Gasteiger partial charge in [0.25, 0.3) is 0 Å². The number of rotatable bonds is 10. The van der Waals surface area contributed by atoms with Crippen molar-refractivity contribution in [2.45, 2.75) is 51.2 Å². The van der Waals surface area contributed by atoms with Gasteiger partial charge in [0, 0.05) is 19.2 Å². The first-order chi connectivity index (χ1) is 13.0. The van der Waals surface area contributed by atoms with E-state index in [4.69, 9.17) is 11.5 Å². The van der Waals surface area contributed by atoms with E-state index in [2.05, 4.69) is 10.3 Å². The van der Waals surface area contributed by atoms with Gasteiger partial charge in [0.1, 0.15) is 0 Å². The van der Waals surface area contributed by atoms with Gasteiger partial charge in [-0.05, 0) is 43.4 Å². The van der Waals surface area contributed by atoms with Crippen molar-refractivity contribution in [2.24, 2.45) is 11.5 Å². The van der Waals surface area contributed by atoms with E-state index in [-0.39, 0.29) is 11.7 Å². The van der Waals surface area contributed by atoms with Gasteiger partial charge < -0.3 is 16.8 Å². The van der Waals surface area contributed by atoms with Gasteiger partial charge in [0.05, 0.1) is 17.8 Å². The summed E-state index contributed by atoms with van der Waals surface area (Å²) in [4.78, 5) is 28.7. The number of carbonyl (C=O) groups is 2. The number of Topliss-reactive ketones (excluding diaryl/α,β-unsaturated/α-hetero) is 1. The molecule has 0 bridgehead atoms. The lowest BCUT2D eigenvalue weighted by Gasteiger charge is -2.17. The predicted octanol–water partition coefficient (Wildman–Crippen LogP) is 1.51. The third-order valence-corrected chi connectivity index (χ3v) is 4.52. The number of pyridine rings is 1. The molecule has 144 valence electrons. The number of hydrogen-bond acceptors (Lipinski definition) is 5. The normalized spacial score (nSPS) is 13.0. The Morgan fingerprint density at radius 1 is 1.07 bits per heavy atom. The molecule has 1 heterocycles. The molecule has 0 aliphatic heterocycles. The molecule has 0 spiro atoms. The Morgan fingerprint density at radius 2 is 1.81 bits per heavy atom. The van der Waals surface area contributed by atoms with E-state index in [9.17, 15) is 9.59 Å². The highest BCUT2D eigenvalue weighted by Crippen LogP contribution is 2.07. The minimum Gasteiger partial charge on any atom is -0.345 e. The third-order valence-electron chi connectivity index (χ3n) is 4.52. The molecule has 1 aromatic carbocycles. The lowest BCUT2D eigenvalue weighted by atomic mass is 10.0. The summed E-state index contributed by atoms with van der Waals surface area (Å²) in [6, 6.07) is 12.5. The Morgan fingerprint density at radius 3 is 2.44 bits per heavy atom. The van der Waals surface area contributed by atoms with E-state index in [1.807, 2.05) is 42.5 Å². The van der Waals surface area contributed by atoms with Crippen molar-refractivity contribution in [2.75, 3.05) is 0 Å². The number of hydrogen-bond donors (Lipinski definition) is 3. The Balaban J connectivity index is 1.74. The van der Waals surface area contributed by atoms with E-state index in [0.29, 0.717) is 25.8 Å². The zero-order chi connectivity index (χ0) is 19.6. The van der Waals surface area contributed by atoms with Crippen molar-refractivity contribution in [3.63, 3.8) is 0 Å². The van der Waals surface area contributed by atoms with Crippen LogP contribution in [0.25, 0.3) is 0 Å². The largest absolute Gasteiger partial charge is 0.345 e. The van der Waals surface area contributed by atoms with Gasteiger partial charge in [-0.15, -0.1) is 0 Å². The average molecular weight is 368 g/mol. The number of carbonyl (C=O) groups excluding carboxylic acids is 2.